The minimum atomic E-state index is -0.970. The van der Waals surface area contributed by atoms with Gasteiger partial charge in [0.2, 0.25) is 11.8 Å². The molecule has 0 saturated heterocycles. The normalized spacial score (nSPS) is 14.2. The number of nitrogens with zero attached hydrogens (tertiary/aromatic N) is 4. The Morgan fingerprint density at radius 3 is 2.54 bits per heavy atom. The highest BCUT2D eigenvalue weighted by Gasteiger charge is 2.35. The van der Waals surface area contributed by atoms with Crippen molar-refractivity contribution in [2.24, 2.45) is 0 Å². The summed E-state index contributed by atoms with van der Waals surface area (Å²) < 4.78 is 6.45. The zero-order valence-electron chi connectivity index (χ0n) is 22.0. The maximum atomic E-state index is 14.2. The first-order chi connectivity index (χ1) is 19.0. The van der Waals surface area contributed by atoms with Gasteiger partial charge in [-0.1, -0.05) is 60.5 Å². The molecule has 1 aliphatic carbocycles. The van der Waals surface area contributed by atoms with Crippen molar-refractivity contribution in [2.45, 2.75) is 51.2 Å². The molecule has 1 fully saturated rings. The molecule has 0 bridgehead atoms. The molecular formula is C30H31N5O4. The molecule has 0 spiro atoms. The van der Waals surface area contributed by atoms with E-state index in [1.165, 1.54) is 16.7 Å². The number of carbonyl (C=O) groups is 3. The third-order valence-electron chi connectivity index (χ3n) is 7.21. The van der Waals surface area contributed by atoms with Gasteiger partial charge in [0.15, 0.2) is 0 Å². The van der Waals surface area contributed by atoms with Crippen LogP contribution in [0.4, 0.5) is 5.69 Å². The third-order valence-corrected chi connectivity index (χ3v) is 7.21. The summed E-state index contributed by atoms with van der Waals surface area (Å²) in [6.07, 6.45) is 3.93. The van der Waals surface area contributed by atoms with Crippen molar-refractivity contribution in [1.82, 2.24) is 20.3 Å². The molecule has 1 saturated carbocycles. The lowest BCUT2D eigenvalue weighted by Gasteiger charge is -2.33. The summed E-state index contributed by atoms with van der Waals surface area (Å²) in [7, 11) is 1.30. The van der Waals surface area contributed by atoms with Crippen molar-refractivity contribution in [3.8, 4) is 0 Å². The quantitative estimate of drug-likeness (QED) is 0.343. The molecule has 200 valence electrons. The average molecular weight is 526 g/mol. The van der Waals surface area contributed by atoms with Crippen LogP contribution in [0.2, 0.25) is 0 Å². The Labute approximate surface area is 226 Å². The molecule has 0 aliphatic heterocycles. The Balaban J connectivity index is 1.62. The number of hydrogen-bond donors (Lipinski definition) is 1. The van der Waals surface area contributed by atoms with Crippen molar-refractivity contribution in [3.05, 3.63) is 89.5 Å². The van der Waals surface area contributed by atoms with E-state index < -0.39 is 12.0 Å². The maximum absolute atomic E-state index is 14.2. The van der Waals surface area contributed by atoms with Gasteiger partial charge in [-0.15, -0.1) is 5.10 Å². The van der Waals surface area contributed by atoms with Crippen LogP contribution in [0.25, 0.3) is 11.0 Å². The number of fused-ring (bicyclic) bond motifs is 1. The number of anilines is 1. The fourth-order valence-corrected chi connectivity index (χ4v) is 5.22. The first-order valence-corrected chi connectivity index (χ1v) is 13.1. The number of aromatic nitrogens is 3. The zero-order valence-corrected chi connectivity index (χ0v) is 22.0. The van der Waals surface area contributed by atoms with Crippen LogP contribution in [0.1, 0.15) is 53.2 Å². The van der Waals surface area contributed by atoms with Crippen LogP contribution < -0.4 is 10.2 Å². The number of amides is 2. The van der Waals surface area contributed by atoms with Gasteiger partial charge in [-0.05, 0) is 61.2 Å². The lowest BCUT2D eigenvalue weighted by molar-refractivity contribution is -0.127. The molecule has 2 amide bonds. The Hall–Kier alpha value is -4.53. The van der Waals surface area contributed by atoms with Gasteiger partial charge in [-0.25, -0.2) is 9.48 Å². The molecule has 1 N–H and O–H groups in total. The number of para-hydroxylation sites is 1. The number of ether oxygens (including phenoxy) is 1. The standard InChI is InChI=1S/C30H31N5O4/c1-20-10-3-6-15-24(20)28(29(37)31-22-12-4-5-13-22)35(23-14-9-11-21(18-23)30(38)39-2)27(36)19-34-26-17-8-7-16-25(26)32-33-34/h3,6-11,14-18,22,28H,4-5,12-13,19H2,1-2H3,(H,31,37)/t28-/m1/s1. The number of benzene rings is 3. The number of hydrogen-bond acceptors (Lipinski definition) is 6. The molecule has 1 heterocycles. The Kier molecular flexibility index (Phi) is 7.67. The Morgan fingerprint density at radius 1 is 1.03 bits per heavy atom. The summed E-state index contributed by atoms with van der Waals surface area (Å²) in [6, 6.07) is 20.6. The number of carbonyl (C=O) groups excluding carboxylic acids is 3. The number of aryl methyl sites for hydroxylation is 1. The van der Waals surface area contributed by atoms with Crippen molar-refractivity contribution >= 4 is 34.5 Å². The summed E-state index contributed by atoms with van der Waals surface area (Å²) in [5.74, 6) is -1.17. The van der Waals surface area contributed by atoms with Crippen LogP contribution in [0.3, 0.4) is 0 Å². The molecule has 0 radical (unpaired) electrons. The van der Waals surface area contributed by atoms with Gasteiger partial charge in [0.05, 0.1) is 18.2 Å². The Morgan fingerprint density at radius 2 is 1.77 bits per heavy atom. The molecule has 1 aliphatic rings. The topological polar surface area (TPSA) is 106 Å². The molecule has 3 aromatic carbocycles. The van der Waals surface area contributed by atoms with Gasteiger partial charge in [0.1, 0.15) is 18.1 Å². The van der Waals surface area contributed by atoms with Gasteiger partial charge in [0, 0.05) is 11.7 Å². The van der Waals surface area contributed by atoms with Gasteiger partial charge in [-0.2, -0.15) is 0 Å². The number of esters is 1. The second-order valence-corrected chi connectivity index (χ2v) is 9.79. The van der Waals surface area contributed by atoms with Gasteiger partial charge in [-0.3, -0.25) is 14.5 Å². The minimum absolute atomic E-state index is 0.0571. The van der Waals surface area contributed by atoms with E-state index >= 15 is 0 Å². The van der Waals surface area contributed by atoms with Crippen LogP contribution in [0.5, 0.6) is 0 Å². The fraction of sp³-hybridized carbons (Fsp3) is 0.300. The average Bonchev–Trinajstić information content (AvgIpc) is 3.62. The van der Waals surface area contributed by atoms with E-state index in [0.29, 0.717) is 22.3 Å². The highest BCUT2D eigenvalue weighted by Crippen LogP contribution is 2.32. The Bertz CT molecular complexity index is 1510. The predicted molar refractivity (Wildman–Crippen MR) is 147 cm³/mol. The van der Waals surface area contributed by atoms with Gasteiger partial charge < -0.3 is 10.1 Å². The summed E-state index contributed by atoms with van der Waals surface area (Å²) in [6.45, 7) is 1.77. The summed E-state index contributed by atoms with van der Waals surface area (Å²) >= 11 is 0. The molecule has 39 heavy (non-hydrogen) atoms. The fourth-order valence-electron chi connectivity index (χ4n) is 5.22. The summed E-state index contributed by atoms with van der Waals surface area (Å²) in [5, 5.41) is 11.6. The lowest BCUT2D eigenvalue weighted by Crippen LogP contribution is -2.47. The first kappa shape index (κ1) is 26.1. The second-order valence-electron chi connectivity index (χ2n) is 9.79. The van der Waals surface area contributed by atoms with E-state index in [4.69, 9.17) is 4.74 Å². The lowest BCUT2D eigenvalue weighted by atomic mass is 9.97. The van der Waals surface area contributed by atoms with Crippen LogP contribution in [0, 0.1) is 6.92 Å². The van der Waals surface area contributed by atoms with Gasteiger partial charge >= 0.3 is 5.97 Å². The molecule has 1 aromatic heterocycles. The second kappa shape index (κ2) is 11.5. The predicted octanol–water partition coefficient (Wildman–Crippen LogP) is 4.36. The molecule has 1 atom stereocenters. The smallest absolute Gasteiger partial charge is 0.337 e. The zero-order chi connectivity index (χ0) is 27.4. The molecular weight excluding hydrogens is 494 g/mol. The van der Waals surface area contributed by atoms with E-state index in [9.17, 15) is 14.4 Å². The molecule has 5 rings (SSSR count). The number of rotatable bonds is 8. The number of methoxy groups -OCH3 is 1. The van der Waals surface area contributed by atoms with Crippen LogP contribution in [0.15, 0.2) is 72.8 Å². The van der Waals surface area contributed by atoms with E-state index in [1.807, 2.05) is 55.5 Å². The maximum Gasteiger partial charge on any atom is 0.337 e. The monoisotopic (exact) mass is 525 g/mol. The van der Waals surface area contributed by atoms with Crippen LogP contribution in [-0.2, 0) is 20.9 Å². The SMILES string of the molecule is COC(=O)c1cccc(N(C(=O)Cn2nnc3ccccc32)[C@@H](C(=O)NC2CCCC2)c2ccccc2C)c1. The summed E-state index contributed by atoms with van der Waals surface area (Å²) in [4.78, 5) is 42.1. The van der Waals surface area contributed by atoms with Crippen LogP contribution in [-0.4, -0.2) is 45.9 Å². The molecule has 9 heteroatoms. The number of nitrogens with one attached hydrogen (secondary N) is 1. The van der Waals surface area contributed by atoms with E-state index in [2.05, 4.69) is 15.6 Å². The van der Waals surface area contributed by atoms with E-state index in [0.717, 1.165) is 31.2 Å². The van der Waals surface area contributed by atoms with Gasteiger partial charge in [0.25, 0.3) is 0 Å². The highest BCUT2D eigenvalue weighted by atomic mass is 16.5. The third kappa shape index (κ3) is 5.52. The van der Waals surface area contributed by atoms with E-state index in [-0.39, 0.29) is 30.0 Å². The molecule has 4 aromatic rings. The van der Waals surface area contributed by atoms with Crippen molar-refractivity contribution in [2.75, 3.05) is 12.0 Å². The summed E-state index contributed by atoms with van der Waals surface area (Å²) in [5.41, 5.74) is 3.63. The highest BCUT2D eigenvalue weighted by molar-refractivity contribution is 6.02. The van der Waals surface area contributed by atoms with Crippen LogP contribution >= 0.6 is 0 Å². The first-order valence-electron chi connectivity index (χ1n) is 13.1. The minimum Gasteiger partial charge on any atom is -0.465 e. The molecule has 0 unspecified atom stereocenters. The largest absolute Gasteiger partial charge is 0.465 e. The molecule has 9 nitrogen and oxygen atoms in total. The van der Waals surface area contributed by atoms with E-state index in [1.54, 1.807) is 24.3 Å². The van der Waals surface area contributed by atoms with Crippen molar-refractivity contribution in [1.29, 1.82) is 0 Å². The van der Waals surface area contributed by atoms with Crippen molar-refractivity contribution < 1.29 is 19.1 Å². The van der Waals surface area contributed by atoms with Crippen molar-refractivity contribution in [3.63, 3.8) is 0 Å².